The summed E-state index contributed by atoms with van der Waals surface area (Å²) in [6.07, 6.45) is 5.34. The minimum Gasteiger partial charge on any atom is -0.350 e. The van der Waals surface area contributed by atoms with Gasteiger partial charge < -0.3 is 10.2 Å². The van der Waals surface area contributed by atoms with Gasteiger partial charge in [0.15, 0.2) is 0 Å². The Morgan fingerprint density at radius 1 is 1.18 bits per heavy atom. The van der Waals surface area contributed by atoms with E-state index in [0.29, 0.717) is 26.1 Å². The first-order valence-corrected chi connectivity index (χ1v) is 10.1. The second-order valence-electron chi connectivity index (χ2n) is 8.18. The number of aromatic nitrogens is 1. The van der Waals surface area contributed by atoms with E-state index in [9.17, 15) is 9.59 Å². The smallest absolute Gasteiger partial charge is 0.227 e. The van der Waals surface area contributed by atoms with Crippen molar-refractivity contribution in [3.05, 3.63) is 65.5 Å². The third-order valence-corrected chi connectivity index (χ3v) is 6.44. The lowest BCUT2D eigenvalue weighted by molar-refractivity contribution is -0.130. The van der Waals surface area contributed by atoms with Crippen LogP contribution in [0.1, 0.15) is 36.1 Å². The zero-order valence-corrected chi connectivity index (χ0v) is 16.4. The molecule has 0 radical (unpaired) electrons. The second-order valence-corrected chi connectivity index (χ2v) is 8.18. The Bertz CT molecular complexity index is 861. The molecule has 2 heterocycles. The van der Waals surface area contributed by atoms with Gasteiger partial charge in [0.25, 0.3) is 0 Å². The van der Waals surface area contributed by atoms with E-state index >= 15 is 0 Å². The molecule has 2 fully saturated rings. The molecular weight excluding hydrogens is 350 g/mol. The number of carbonyl (C=O) groups is 2. The van der Waals surface area contributed by atoms with Crippen molar-refractivity contribution in [3.8, 4) is 0 Å². The molecule has 4 rings (SSSR count). The van der Waals surface area contributed by atoms with Crippen LogP contribution in [-0.4, -0.2) is 34.8 Å². The van der Waals surface area contributed by atoms with Gasteiger partial charge in [-0.3, -0.25) is 14.6 Å². The van der Waals surface area contributed by atoms with Crippen molar-refractivity contribution in [1.82, 2.24) is 15.2 Å². The number of nitrogens with one attached hydrogen (secondary N) is 1. The Balaban J connectivity index is 1.41. The molecule has 5 nitrogen and oxygen atoms in total. The maximum atomic E-state index is 12.9. The summed E-state index contributed by atoms with van der Waals surface area (Å²) in [5, 5.41) is 3.04. The first-order valence-electron chi connectivity index (χ1n) is 10.1. The molecule has 1 atom stereocenters. The summed E-state index contributed by atoms with van der Waals surface area (Å²) in [5.41, 5.74) is 3.02. The van der Waals surface area contributed by atoms with Gasteiger partial charge in [-0.1, -0.05) is 36.8 Å². The summed E-state index contributed by atoms with van der Waals surface area (Å²) in [6, 6.07) is 13.7. The van der Waals surface area contributed by atoms with Crippen molar-refractivity contribution >= 4 is 11.8 Å². The predicted molar refractivity (Wildman–Crippen MR) is 107 cm³/mol. The van der Waals surface area contributed by atoms with Crippen LogP contribution >= 0.6 is 0 Å². The predicted octanol–water partition coefficient (Wildman–Crippen LogP) is 2.88. The number of hydrogen-bond acceptors (Lipinski definition) is 3. The molecule has 1 aromatic heterocycles. The number of aryl methyl sites for hydroxylation is 1. The molecule has 1 unspecified atom stereocenters. The third-order valence-electron chi connectivity index (χ3n) is 6.44. The Labute approximate surface area is 166 Å². The van der Waals surface area contributed by atoms with E-state index < -0.39 is 0 Å². The molecule has 1 aliphatic carbocycles. The number of carbonyl (C=O) groups excluding carboxylic acids is 2. The lowest BCUT2D eigenvalue weighted by Gasteiger charge is -2.41. The summed E-state index contributed by atoms with van der Waals surface area (Å²) in [5.74, 6) is 0.0583. The SMILES string of the molecule is Cc1ccccc1CC(=O)N1CC(C(=O)NCc2ccccn2)C2(CCC2)C1. The Morgan fingerprint density at radius 3 is 2.64 bits per heavy atom. The Hall–Kier alpha value is -2.69. The first kappa shape index (κ1) is 18.7. The largest absolute Gasteiger partial charge is 0.350 e. The van der Waals surface area contributed by atoms with Gasteiger partial charge >= 0.3 is 0 Å². The fraction of sp³-hybridized carbons (Fsp3) is 0.435. The highest BCUT2D eigenvalue weighted by molar-refractivity contribution is 5.84. The molecule has 1 spiro atoms. The summed E-state index contributed by atoms with van der Waals surface area (Å²) >= 11 is 0. The van der Waals surface area contributed by atoms with E-state index in [2.05, 4.69) is 10.3 Å². The molecule has 28 heavy (non-hydrogen) atoms. The Kier molecular flexibility index (Phi) is 5.16. The maximum Gasteiger partial charge on any atom is 0.227 e. The number of amides is 2. The number of benzene rings is 1. The third kappa shape index (κ3) is 3.66. The highest BCUT2D eigenvalue weighted by Gasteiger charge is 2.54. The minimum atomic E-state index is -0.120. The number of hydrogen-bond donors (Lipinski definition) is 1. The van der Waals surface area contributed by atoms with Gasteiger partial charge in [-0.05, 0) is 43.0 Å². The van der Waals surface area contributed by atoms with Crippen molar-refractivity contribution in [2.75, 3.05) is 13.1 Å². The first-order chi connectivity index (χ1) is 13.6. The molecule has 1 saturated carbocycles. The normalized spacial score (nSPS) is 20.0. The highest BCUT2D eigenvalue weighted by Crippen LogP contribution is 2.51. The number of likely N-dealkylation sites (tertiary alicyclic amines) is 1. The van der Waals surface area contributed by atoms with Crippen LogP contribution in [0.15, 0.2) is 48.7 Å². The van der Waals surface area contributed by atoms with E-state index in [1.807, 2.05) is 54.3 Å². The standard InChI is InChI=1S/C23H27N3O2/c1-17-7-2-3-8-18(17)13-21(27)26-15-20(23(16-26)10-6-11-23)22(28)25-14-19-9-4-5-12-24-19/h2-5,7-9,12,20H,6,10-11,13-16H2,1H3,(H,25,28). The molecule has 2 aliphatic rings. The number of nitrogens with zero attached hydrogens (tertiary/aromatic N) is 2. The summed E-state index contributed by atoms with van der Waals surface area (Å²) < 4.78 is 0. The number of pyridine rings is 1. The average Bonchev–Trinajstić information content (AvgIpc) is 3.10. The van der Waals surface area contributed by atoms with Gasteiger partial charge in [0.2, 0.25) is 11.8 Å². The van der Waals surface area contributed by atoms with Crippen molar-refractivity contribution in [3.63, 3.8) is 0 Å². The zero-order valence-electron chi connectivity index (χ0n) is 16.4. The van der Waals surface area contributed by atoms with Crippen LogP contribution in [0.4, 0.5) is 0 Å². The van der Waals surface area contributed by atoms with Gasteiger partial charge in [0.1, 0.15) is 0 Å². The monoisotopic (exact) mass is 377 g/mol. The highest BCUT2D eigenvalue weighted by atomic mass is 16.2. The quantitative estimate of drug-likeness (QED) is 0.872. The van der Waals surface area contributed by atoms with Crippen LogP contribution in [0, 0.1) is 18.3 Å². The van der Waals surface area contributed by atoms with Gasteiger partial charge in [-0.2, -0.15) is 0 Å². The van der Waals surface area contributed by atoms with Crippen molar-refractivity contribution in [2.24, 2.45) is 11.3 Å². The second kappa shape index (κ2) is 7.74. The van der Waals surface area contributed by atoms with Gasteiger partial charge in [-0.15, -0.1) is 0 Å². The summed E-state index contributed by atoms with van der Waals surface area (Å²) in [4.78, 5) is 32.0. The molecule has 1 aromatic carbocycles. The van der Waals surface area contributed by atoms with E-state index in [1.54, 1.807) is 6.20 Å². The zero-order chi connectivity index (χ0) is 19.6. The van der Waals surface area contributed by atoms with Gasteiger partial charge in [-0.25, -0.2) is 0 Å². The summed E-state index contributed by atoms with van der Waals surface area (Å²) in [7, 11) is 0. The molecule has 0 bridgehead atoms. The van der Waals surface area contributed by atoms with Gasteiger partial charge in [0.05, 0.1) is 24.6 Å². The average molecular weight is 377 g/mol. The van der Waals surface area contributed by atoms with Crippen molar-refractivity contribution < 1.29 is 9.59 Å². The van der Waals surface area contributed by atoms with Crippen molar-refractivity contribution in [1.29, 1.82) is 0 Å². The van der Waals surface area contributed by atoms with Crippen molar-refractivity contribution in [2.45, 2.75) is 39.2 Å². The minimum absolute atomic E-state index is 0.0322. The van der Waals surface area contributed by atoms with E-state index in [1.165, 1.54) is 0 Å². The molecule has 1 N–H and O–H groups in total. The van der Waals surface area contributed by atoms with Crippen LogP contribution in [0.5, 0.6) is 0 Å². The molecule has 2 aromatic rings. The molecule has 146 valence electrons. The van der Waals surface area contributed by atoms with E-state index in [4.69, 9.17) is 0 Å². The topological polar surface area (TPSA) is 62.3 Å². The fourth-order valence-corrected chi connectivity index (χ4v) is 4.54. The van der Waals surface area contributed by atoms with Crippen LogP contribution in [0.3, 0.4) is 0 Å². The maximum absolute atomic E-state index is 12.9. The molecule has 2 amide bonds. The van der Waals surface area contributed by atoms with Crippen LogP contribution < -0.4 is 5.32 Å². The van der Waals surface area contributed by atoms with Crippen LogP contribution in [-0.2, 0) is 22.6 Å². The lowest BCUT2D eigenvalue weighted by Crippen LogP contribution is -2.45. The molecular formula is C23H27N3O2. The van der Waals surface area contributed by atoms with E-state index in [0.717, 1.165) is 36.1 Å². The van der Waals surface area contributed by atoms with Crippen LogP contribution in [0.25, 0.3) is 0 Å². The lowest BCUT2D eigenvalue weighted by atomic mass is 9.62. The molecule has 1 aliphatic heterocycles. The number of rotatable bonds is 5. The Morgan fingerprint density at radius 2 is 1.96 bits per heavy atom. The fourth-order valence-electron chi connectivity index (χ4n) is 4.54. The van der Waals surface area contributed by atoms with E-state index in [-0.39, 0.29) is 23.1 Å². The summed E-state index contributed by atoms with van der Waals surface area (Å²) in [6.45, 7) is 3.70. The molecule has 5 heteroatoms. The molecule has 1 saturated heterocycles. The van der Waals surface area contributed by atoms with Crippen LogP contribution in [0.2, 0.25) is 0 Å². The van der Waals surface area contributed by atoms with Gasteiger partial charge in [0, 0.05) is 24.7 Å².